The zero-order chi connectivity index (χ0) is 19.8. The second-order valence-electron chi connectivity index (χ2n) is 5.71. The number of nitrogens with one attached hydrogen (secondary N) is 1. The van der Waals surface area contributed by atoms with E-state index >= 15 is 0 Å². The van der Waals surface area contributed by atoms with Crippen LogP contribution in [0.2, 0.25) is 0 Å². The van der Waals surface area contributed by atoms with E-state index < -0.39 is 11.8 Å². The van der Waals surface area contributed by atoms with Crippen LogP contribution in [0, 0.1) is 5.82 Å². The van der Waals surface area contributed by atoms with E-state index in [1.165, 1.54) is 31.4 Å². The van der Waals surface area contributed by atoms with Gasteiger partial charge in [0.1, 0.15) is 5.82 Å². The Bertz CT molecular complexity index is 809. The molecule has 0 radical (unpaired) electrons. The molecule has 2 aromatic rings. The number of carbonyl (C=O) groups excluding carboxylic acids is 2. The van der Waals surface area contributed by atoms with E-state index in [2.05, 4.69) is 5.32 Å². The SMILES string of the molecule is CCOC(=O)COc1ccc([C@H](C)NC(=O)c2cccc(F)c2)cc1OC. The highest BCUT2D eigenvalue weighted by Crippen LogP contribution is 2.30. The Balaban J connectivity index is 2.07. The summed E-state index contributed by atoms with van der Waals surface area (Å²) >= 11 is 0. The molecule has 0 saturated carbocycles. The van der Waals surface area contributed by atoms with Gasteiger partial charge in [0.05, 0.1) is 19.8 Å². The summed E-state index contributed by atoms with van der Waals surface area (Å²) in [4.78, 5) is 23.7. The van der Waals surface area contributed by atoms with Crippen LogP contribution in [0.25, 0.3) is 0 Å². The van der Waals surface area contributed by atoms with Crippen molar-refractivity contribution in [2.24, 2.45) is 0 Å². The zero-order valence-electron chi connectivity index (χ0n) is 15.5. The van der Waals surface area contributed by atoms with Crippen molar-refractivity contribution in [2.45, 2.75) is 19.9 Å². The topological polar surface area (TPSA) is 73.9 Å². The van der Waals surface area contributed by atoms with Crippen LogP contribution in [-0.4, -0.2) is 32.2 Å². The maximum absolute atomic E-state index is 13.3. The first-order valence-electron chi connectivity index (χ1n) is 8.47. The summed E-state index contributed by atoms with van der Waals surface area (Å²) < 4.78 is 28.8. The number of carbonyl (C=O) groups is 2. The summed E-state index contributed by atoms with van der Waals surface area (Å²) in [6, 6.07) is 10.2. The molecule has 1 atom stereocenters. The highest BCUT2D eigenvalue weighted by molar-refractivity contribution is 5.94. The molecule has 0 bridgehead atoms. The Kier molecular flexibility index (Phi) is 7.16. The molecule has 144 valence electrons. The van der Waals surface area contributed by atoms with Crippen molar-refractivity contribution in [2.75, 3.05) is 20.3 Å². The van der Waals surface area contributed by atoms with Gasteiger partial charge >= 0.3 is 5.97 Å². The van der Waals surface area contributed by atoms with E-state index in [4.69, 9.17) is 14.2 Å². The first-order chi connectivity index (χ1) is 12.9. The summed E-state index contributed by atoms with van der Waals surface area (Å²) in [5, 5.41) is 2.80. The van der Waals surface area contributed by atoms with Gasteiger partial charge in [0.25, 0.3) is 5.91 Å². The number of halogens is 1. The summed E-state index contributed by atoms with van der Waals surface area (Å²) in [6.45, 7) is 3.56. The van der Waals surface area contributed by atoms with Crippen molar-refractivity contribution in [3.63, 3.8) is 0 Å². The van der Waals surface area contributed by atoms with Crippen LogP contribution in [0.3, 0.4) is 0 Å². The van der Waals surface area contributed by atoms with E-state index in [9.17, 15) is 14.0 Å². The van der Waals surface area contributed by atoms with Gasteiger partial charge in [0, 0.05) is 5.56 Å². The molecule has 0 aliphatic rings. The Labute approximate surface area is 157 Å². The van der Waals surface area contributed by atoms with Gasteiger partial charge in [-0.05, 0) is 49.7 Å². The van der Waals surface area contributed by atoms with Crippen molar-refractivity contribution >= 4 is 11.9 Å². The number of hydrogen-bond acceptors (Lipinski definition) is 5. The monoisotopic (exact) mass is 375 g/mol. The molecule has 0 aliphatic carbocycles. The molecule has 1 amide bonds. The van der Waals surface area contributed by atoms with Gasteiger partial charge < -0.3 is 19.5 Å². The maximum atomic E-state index is 13.3. The number of amides is 1. The van der Waals surface area contributed by atoms with Crippen LogP contribution in [0.4, 0.5) is 4.39 Å². The summed E-state index contributed by atoms with van der Waals surface area (Å²) in [6.07, 6.45) is 0. The van der Waals surface area contributed by atoms with E-state index in [1.54, 1.807) is 32.0 Å². The van der Waals surface area contributed by atoms with Crippen LogP contribution in [-0.2, 0) is 9.53 Å². The van der Waals surface area contributed by atoms with Gasteiger partial charge in [-0.25, -0.2) is 9.18 Å². The molecular weight excluding hydrogens is 353 g/mol. The standard InChI is InChI=1S/C20H22FNO5/c1-4-26-19(23)12-27-17-9-8-14(11-18(17)25-3)13(2)22-20(24)15-6-5-7-16(21)10-15/h5-11,13H,4,12H2,1-3H3,(H,22,24)/t13-/m0/s1. The lowest BCUT2D eigenvalue weighted by atomic mass is 10.1. The lowest BCUT2D eigenvalue weighted by Crippen LogP contribution is -2.26. The first-order valence-corrected chi connectivity index (χ1v) is 8.47. The fraction of sp³-hybridized carbons (Fsp3) is 0.300. The average molecular weight is 375 g/mol. The normalized spacial score (nSPS) is 11.4. The largest absolute Gasteiger partial charge is 0.493 e. The lowest BCUT2D eigenvalue weighted by Gasteiger charge is -2.17. The Morgan fingerprint density at radius 1 is 1.15 bits per heavy atom. The van der Waals surface area contributed by atoms with Crippen molar-refractivity contribution in [1.82, 2.24) is 5.32 Å². The van der Waals surface area contributed by atoms with E-state index in [0.717, 1.165) is 5.56 Å². The minimum atomic E-state index is -0.473. The van der Waals surface area contributed by atoms with E-state index in [0.29, 0.717) is 11.5 Å². The first kappa shape index (κ1) is 20.2. The number of esters is 1. The van der Waals surface area contributed by atoms with Crippen LogP contribution >= 0.6 is 0 Å². The van der Waals surface area contributed by atoms with Crippen molar-refractivity contribution in [3.8, 4) is 11.5 Å². The fourth-order valence-electron chi connectivity index (χ4n) is 2.41. The number of rotatable bonds is 8. The quantitative estimate of drug-likeness (QED) is 0.717. The lowest BCUT2D eigenvalue weighted by molar-refractivity contribution is -0.145. The highest BCUT2D eigenvalue weighted by atomic mass is 19.1. The summed E-state index contributed by atoms with van der Waals surface area (Å²) in [7, 11) is 1.48. The molecule has 7 heteroatoms. The van der Waals surface area contributed by atoms with Gasteiger partial charge in [-0.15, -0.1) is 0 Å². The predicted molar refractivity (Wildman–Crippen MR) is 97.4 cm³/mol. The van der Waals surface area contributed by atoms with Crippen LogP contribution in [0.5, 0.6) is 11.5 Å². The smallest absolute Gasteiger partial charge is 0.344 e. The molecule has 0 aliphatic heterocycles. The van der Waals surface area contributed by atoms with Gasteiger partial charge in [-0.3, -0.25) is 4.79 Å². The molecule has 0 aromatic heterocycles. The third-order valence-electron chi connectivity index (χ3n) is 3.77. The molecule has 27 heavy (non-hydrogen) atoms. The van der Waals surface area contributed by atoms with Crippen molar-refractivity contribution in [3.05, 3.63) is 59.4 Å². The Morgan fingerprint density at radius 2 is 1.93 bits per heavy atom. The minimum Gasteiger partial charge on any atom is -0.493 e. The second kappa shape index (κ2) is 9.56. The Hall–Kier alpha value is -3.09. The van der Waals surface area contributed by atoms with Crippen LogP contribution < -0.4 is 14.8 Å². The third kappa shape index (κ3) is 5.70. The van der Waals surface area contributed by atoms with E-state index in [1.807, 2.05) is 0 Å². The summed E-state index contributed by atoms with van der Waals surface area (Å²) in [5.74, 6) is -0.523. The molecule has 0 fully saturated rings. The molecule has 0 spiro atoms. The van der Waals surface area contributed by atoms with Gasteiger partial charge in [0.2, 0.25) is 0 Å². The number of ether oxygens (including phenoxy) is 3. The van der Waals surface area contributed by atoms with Crippen molar-refractivity contribution < 1.29 is 28.2 Å². The van der Waals surface area contributed by atoms with Crippen molar-refractivity contribution in [1.29, 1.82) is 0 Å². The van der Waals surface area contributed by atoms with Crippen LogP contribution in [0.15, 0.2) is 42.5 Å². The Morgan fingerprint density at radius 3 is 2.59 bits per heavy atom. The highest BCUT2D eigenvalue weighted by Gasteiger charge is 2.15. The fourth-order valence-corrected chi connectivity index (χ4v) is 2.41. The van der Waals surface area contributed by atoms with Gasteiger partial charge in [-0.1, -0.05) is 12.1 Å². The average Bonchev–Trinajstić information content (AvgIpc) is 2.66. The molecule has 1 N–H and O–H groups in total. The maximum Gasteiger partial charge on any atom is 0.344 e. The van der Waals surface area contributed by atoms with Gasteiger partial charge in [-0.2, -0.15) is 0 Å². The molecule has 6 nitrogen and oxygen atoms in total. The molecule has 0 saturated heterocycles. The molecule has 0 heterocycles. The summed E-state index contributed by atoms with van der Waals surface area (Å²) in [5.41, 5.74) is 1.00. The zero-order valence-corrected chi connectivity index (χ0v) is 15.5. The third-order valence-corrected chi connectivity index (χ3v) is 3.77. The molecule has 2 aromatic carbocycles. The number of benzene rings is 2. The predicted octanol–water partition coefficient (Wildman–Crippen LogP) is 3.27. The second-order valence-corrected chi connectivity index (χ2v) is 5.71. The van der Waals surface area contributed by atoms with Crippen LogP contribution in [0.1, 0.15) is 35.8 Å². The molecular formula is C20H22FNO5. The number of methoxy groups -OCH3 is 1. The molecule has 0 unspecified atom stereocenters. The van der Waals surface area contributed by atoms with E-state index in [-0.39, 0.29) is 30.7 Å². The molecule has 2 rings (SSSR count). The number of hydrogen-bond donors (Lipinski definition) is 1. The van der Waals surface area contributed by atoms with Gasteiger partial charge in [0.15, 0.2) is 18.1 Å². The minimum absolute atomic E-state index is 0.227.